The SMILES string of the molecule is CC[NH+]1c2ccc(C(=O)c3ccccc3C)cc2-c2cc(C(=O)C(C)=[NH2+])c(OC(C)=O)cc21. The highest BCUT2D eigenvalue weighted by molar-refractivity contribution is 6.43. The minimum absolute atomic E-state index is 0.0543. The van der Waals surface area contributed by atoms with Gasteiger partial charge in [-0.3, -0.25) is 24.7 Å². The fourth-order valence-electron chi connectivity index (χ4n) is 4.36. The van der Waals surface area contributed by atoms with Crippen LogP contribution < -0.4 is 15.0 Å². The Labute approximate surface area is 192 Å². The van der Waals surface area contributed by atoms with E-state index in [0.717, 1.165) is 39.5 Å². The molecule has 1 heterocycles. The monoisotopic (exact) mass is 442 g/mol. The van der Waals surface area contributed by atoms with Crippen LogP contribution in [-0.4, -0.2) is 29.8 Å². The molecule has 166 valence electrons. The summed E-state index contributed by atoms with van der Waals surface area (Å²) >= 11 is 0. The molecule has 0 bridgehead atoms. The fraction of sp³-hybridized carbons (Fsp3) is 0.185. The van der Waals surface area contributed by atoms with E-state index in [1.807, 2.05) is 56.3 Å². The summed E-state index contributed by atoms with van der Waals surface area (Å²) in [4.78, 5) is 38.8. The third-order valence-electron chi connectivity index (χ3n) is 5.94. The number of rotatable bonds is 6. The summed E-state index contributed by atoms with van der Waals surface area (Å²) in [6.45, 7) is 7.51. The molecule has 0 aromatic heterocycles. The lowest BCUT2D eigenvalue weighted by Gasteiger charge is -2.14. The molecule has 1 aliphatic heterocycles. The van der Waals surface area contributed by atoms with E-state index in [-0.39, 0.29) is 22.8 Å². The number of aryl methyl sites for hydroxylation is 1. The Balaban J connectivity index is 1.90. The maximum atomic E-state index is 13.2. The summed E-state index contributed by atoms with van der Waals surface area (Å²) in [5.74, 6) is -0.779. The van der Waals surface area contributed by atoms with Crippen LogP contribution in [0.25, 0.3) is 11.1 Å². The van der Waals surface area contributed by atoms with Crippen molar-refractivity contribution in [1.29, 1.82) is 0 Å². The van der Waals surface area contributed by atoms with E-state index in [4.69, 9.17) is 10.1 Å². The number of ketones is 2. The van der Waals surface area contributed by atoms with Crippen molar-refractivity contribution in [1.82, 2.24) is 0 Å². The summed E-state index contributed by atoms with van der Waals surface area (Å²) in [5.41, 5.74) is 6.05. The largest absolute Gasteiger partial charge is 0.426 e. The lowest BCUT2D eigenvalue weighted by molar-refractivity contribution is -0.753. The highest BCUT2D eigenvalue weighted by Gasteiger charge is 2.35. The predicted octanol–water partition coefficient (Wildman–Crippen LogP) is 2.40. The first kappa shape index (κ1) is 22.3. The number of ether oxygens (including phenoxy) is 1. The highest BCUT2D eigenvalue weighted by Crippen LogP contribution is 2.41. The third kappa shape index (κ3) is 3.90. The molecule has 6 heteroatoms. The Kier molecular flexibility index (Phi) is 5.78. The molecule has 0 spiro atoms. The number of Topliss-reactive ketones (excluding diaryl/α,β-unsaturated/α-hetero) is 1. The van der Waals surface area contributed by atoms with Gasteiger partial charge >= 0.3 is 5.97 Å². The lowest BCUT2D eigenvalue weighted by atomic mass is 9.94. The molecule has 3 N–H and O–H groups in total. The van der Waals surface area contributed by atoms with Crippen molar-refractivity contribution in [2.75, 3.05) is 6.54 Å². The molecule has 0 radical (unpaired) electrons. The van der Waals surface area contributed by atoms with Crippen LogP contribution in [0, 0.1) is 6.92 Å². The van der Waals surface area contributed by atoms with Gasteiger partial charge in [-0.05, 0) is 37.6 Å². The van der Waals surface area contributed by atoms with Gasteiger partial charge in [0.2, 0.25) is 5.71 Å². The van der Waals surface area contributed by atoms with Crippen molar-refractivity contribution in [3.63, 3.8) is 0 Å². The summed E-state index contributed by atoms with van der Waals surface area (Å²) in [5, 5.41) is 5.78. The first-order chi connectivity index (χ1) is 15.7. The average Bonchev–Trinajstić information content (AvgIpc) is 3.09. The number of hydrogen-bond donors (Lipinski definition) is 2. The van der Waals surface area contributed by atoms with Gasteiger partial charge in [0.05, 0.1) is 17.7 Å². The van der Waals surface area contributed by atoms with Crippen LogP contribution in [0.3, 0.4) is 0 Å². The quantitative estimate of drug-likeness (QED) is 0.266. The van der Waals surface area contributed by atoms with E-state index in [2.05, 4.69) is 0 Å². The predicted molar refractivity (Wildman–Crippen MR) is 126 cm³/mol. The molecule has 0 fully saturated rings. The minimum Gasteiger partial charge on any atom is -0.426 e. The molecule has 0 saturated carbocycles. The van der Waals surface area contributed by atoms with E-state index in [9.17, 15) is 14.4 Å². The van der Waals surface area contributed by atoms with Crippen molar-refractivity contribution in [2.45, 2.75) is 27.7 Å². The average molecular weight is 443 g/mol. The molecule has 4 rings (SSSR count). The van der Waals surface area contributed by atoms with Crippen LogP contribution in [-0.2, 0) is 4.79 Å². The van der Waals surface area contributed by atoms with Gasteiger partial charge in [-0.15, -0.1) is 0 Å². The molecule has 0 amide bonds. The van der Waals surface area contributed by atoms with Crippen LogP contribution in [0.15, 0.2) is 54.6 Å². The Morgan fingerprint density at radius 3 is 2.24 bits per heavy atom. The molecule has 1 unspecified atom stereocenters. The number of carbonyl (C=O) groups is 3. The third-order valence-corrected chi connectivity index (χ3v) is 5.94. The maximum Gasteiger partial charge on any atom is 0.308 e. The van der Waals surface area contributed by atoms with E-state index in [1.54, 1.807) is 12.1 Å². The molecular formula is C27H26N2O4+2. The number of nitrogens with two attached hydrogens (primary N) is 1. The number of quaternary nitrogens is 1. The second-order valence-corrected chi connectivity index (χ2v) is 8.24. The van der Waals surface area contributed by atoms with E-state index >= 15 is 0 Å². The number of esters is 1. The first-order valence-electron chi connectivity index (χ1n) is 10.8. The van der Waals surface area contributed by atoms with Gasteiger partial charge in [-0.1, -0.05) is 24.3 Å². The van der Waals surface area contributed by atoms with Crippen molar-refractivity contribution in [2.24, 2.45) is 0 Å². The van der Waals surface area contributed by atoms with Gasteiger partial charge in [-0.2, -0.15) is 0 Å². The standard InChI is InChI=1S/C27H24N2O4/c1-5-29-23-11-10-18(27(32)19-9-7-6-8-15(19)2)12-20(23)21-13-22(26(31)16(3)28)25(14-24(21)29)33-17(4)30/h6-14,28H,5H2,1-4H3/p+2. The second kappa shape index (κ2) is 8.56. The Hall–Kier alpha value is -3.90. The van der Waals surface area contributed by atoms with Gasteiger partial charge in [-0.25, -0.2) is 0 Å². The summed E-state index contributed by atoms with van der Waals surface area (Å²) < 4.78 is 5.37. The van der Waals surface area contributed by atoms with E-state index in [0.29, 0.717) is 11.1 Å². The summed E-state index contributed by atoms with van der Waals surface area (Å²) in [6, 6.07) is 16.6. The topological polar surface area (TPSA) is 90.5 Å². The molecule has 0 aliphatic carbocycles. The number of carbonyl (C=O) groups excluding carboxylic acids is 3. The Bertz CT molecular complexity index is 1340. The van der Waals surface area contributed by atoms with Gasteiger partial charge in [0.1, 0.15) is 17.1 Å². The normalized spacial score (nSPS) is 13.8. The van der Waals surface area contributed by atoms with E-state index < -0.39 is 11.8 Å². The van der Waals surface area contributed by atoms with Crippen LogP contribution in [0.1, 0.15) is 52.6 Å². The van der Waals surface area contributed by atoms with Crippen molar-refractivity contribution >= 4 is 34.6 Å². The highest BCUT2D eigenvalue weighted by atomic mass is 16.5. The second-order valence-electron chi connectivity index (χ2n) is 8.24. The van der Waals surface area contributed by atoms with Crippen LogP contribution in [0.2, 0.25) is 0 Å². The zero-order chi connectivity index (χ0) is 23.9. The summed E-state index contributed by atoms with van der Waals surface area (Å²) in [7, 11) is 0. The number of hydrogen-bond acceptors (Lipinski definition) is 4. The van der Waals surface area contributed by atoms with Gasteiger partial charge in [0.25, 0.3) is 5.78 Å². The Morgan fingerprint density at radius 1 is 0.909 bits per heavy atom. The molecule has 3 aromatic rings. The molecule has 6 nitrogen and oxygen atoms in total. The van der Waals surface area contributed by atoms with Crippen molar-refractivity contribution in [3.05, 3.63) is 76.9 Å². The van der Waals surface area contributed by atoms with Crippen molar-refractivity contribution in [3.8, 4) is 16.9 Å². The van der Waals surface area contributed by atoms with Crippen LogP contribution in [0.5, 0.6) is 5.75 Å². The molecule has 1 aliphatic rings. The minimum atomic E-state index is -0.515. The van der Waals surface area contributed by atoms with Crippen LogP contribution >= 0.6 is 0 Å². The molecule has 0 saturated heterocycles. The molecular weight excluding hydrogens is 416 g/mol. The molecule has 3 aromatic carbocycles. The smallest absolute Gasteiger partial charge is 0.308 e. The van der Waals surface area contributed by atoms with E-state index in [1.165, 1.54) is 13.8 Å². The van der Waals surface area contributed by atoms with Gasteiger partial charge < -0.3 is 4.74 Å². The van der Waals surface area contributed by atoms with Gasteiger partial charge in [0.15, 0.2) is 5.78 Å². The van der Waals surface area contributed by atoms with Crippen LogP contribution in [0.4, 0.5) is 11.4 Å². The van der Waals surface area contributed by atoms with Crippen molar-refractivity contribution < 1.29 is 29.4 Å². The maximum absolute atomic E-state index is 13.2. The fourth-order valence-corrected chi connectivity index (χ4v) is 4.36. The number of nitrogens with one attached hydrogen (secondary N) is 1. The lowest BCUT2D eigenvalue weighted by Crippen LogP contribution is -3.00. The summed E-state index contributed by atoms with van der Waals surface area (Å²) in [6.07, 6.45) is 0. The zero-order valence-electron chi connectivity index (χ0n) is 19.1. The number of benzene rings is 3. The molecule has 33 heavy (non-hydrogen) atoms. The first-order valence-corrected chi connectivity index (χ1v) is 10.8. The number of fused-ring (bicyclic) bond motifs is 3. The molecule has 1 atom stereocenters. The van der Waals surface area contributed by atoms with Gasteiger partial charge in [0, 0.05) is 42.7 Å². The Morgan fingerprint density at radius 2 is 1.61 bits per heavy atom. The zero-order valence-corrected chi connectivity index (χ0v) is 19.1.